The highest BCUT2D eigenvalue weighted by Crippen LogP contribution is 2.25. The fourth-order valence-electron chi connectivity index (χ4n) is 3.01. The third-order valence-corrected chi connectivity index (χ3v) is 5.18. The molecule has 26 heavy (non-hydrogen) atoms. The van der Waals surface area contributed by atoms with Crippen molar-refractivity contribution in [3.8, 4) is 0 Å². The average molecular weight is 365 g/mol. The van der Waals surface area contributed by atoms with Gasteiger partial charge in [-0.3, -0.25) is 9.20 Å². The number of hydrogen-bond acceptors (Lipinski definition) is 4. The molecule has 4 aromatic rings. The number of thioether (sulfide) groups is 1. The van der Waals surface area contributed by atoms with E-state index in [1.165, 1.54) is 11.8 Å². The number of aromatic nitrogens is 4. The molecule has 0 spiro atoms. The first-order valence-corrected chi connectivity index (χ1v) is 9.47. The molecule has 1 amide bonds. The zero-order valence-corrected chi connectivity index (χ0v) is 15.5. The van der Waals surface area contributed by atoms with Crippen molar-refractivity contribution in [3.63, 3.8) is 0 Å². The Morgan fingerprint density at radius 2 is 1.81 bits per heavy atom. The van der Waals surface area contributed by atoms with Crippen LogP contribution in [0.3, 0.4) is 0 Å². The third-order valence-electron chi connectivity index (χ3n) is 4.26. The Bertz CT molecular complexity index is 1080. The monoisotopic (exact) mass is 365 g/mol. The van der Waals surface area contributed by atoms with Gasteiger partial charge >= 0.3 is 0 Å². The van der Waals surface area contributed by atoms with Gasteiger partial charge in [0, 0.05) is 12.2 Å². The van der Waals surface area contributed by atoms with E-state index in [4.69, 9.17) is 0 Å². The third kappa shape index (κ3) is 2.94. The molecule has 6 nitrogen and oxygen atoms in total. The molecule has 0 saturated heterocycles. The second kappa shape index (κ2) is 6.84. The lowest BCUT2D eigenvalue weighted by Gasteiger charge is -2.04. The molecule has 1 N–H and O–H groups in total. The van der Waals surface area contributed by atoms with Crippen molar-refractivity contribution in [2.75, 3.05) is 11.1 Å². The van der Waals surface area contributed by atoms with Gasteiger partial charge in [0.1, 0.15) is 0 Å². The lowest BCUT2D eigenvalue weighted by atomic mass is 10.2. The first kappa shape index (κ1) is 16.7. The minimum atomic E-state index is -0.0603. The number of fused-ring (bicyclic) bond motifs is 3. The van der Waals surface area contributed by atoms with Crippen molar-refractivity contribution in [3.05, 3.63) is 54.1 Å². The number of carbonyl (C=O) groups excluding carboxylic acids is 1. The Hall–Kier alpha value is -2.80. The second-order valence-electron chi connectivity index (χ2n) is 6.05. The van der Waals surface area contributed by atoms with Gasteiger partial charge in [0.25, 0.3) is 0 Å². The molecule has 132 valence electrons. The van der Waals surface area contributed by atoms with Crippen LogP contribution in [0.1, 0.15) is 12.5 Å². The minimum Gasteiger partial charge on any atom is -0.325 e. The summed E-state index contributed by atoms with van der Waals surface area (Å²) in [5, 5.41) is 12.2. The van der Waals surface area contributed by atoms with Crippen LogP contribution in [0.4, 0.5) is 5.69 Å². The average Bonchev–Trinajstić information content (AvgIpc) is 3.20. The summed E-state index contributed by atoms with van der Waals surface area (Å²) < 4.78 is 4.14. The minimum absolute atomic E-state index is 0.0603. The van der Waals surface area contributed by atoms with Crippen molar-refractivity contribution >= 4 is 40.2 Å². The van der Waals surface area contributed by atoms with Crippen LogP contribution in [0.15, 0.2) is 53.7 Å². The maximum Gasteiger partial charge on any atom is 0.237 e. The molecule has 0 aliphatic heterocycles. The smallest absolute Gasteiger partial charge is 0.237 e. The number of imidazole rings is 1. The summed E-state index contributed by atoms with van der Waals surface area (Å²) in [6.45, 7) is 4.92. The zero-order valence-electron chi connectivity index (χ0n) is 14.6. The first-order valence-electron chi connectivity index (χ1n) is 8.49. The molecule has 0 saturated carbocycles. The number of benzene rings is 2. The highest BCUT2D eigenvalue weighted by Gasteiger charge is 2.16. The number of amides is 1. The van der Waals surface area contributed by atoms with Crippen LogP contribution in [-0.2, 0) is 11.3 Å². The molecule has 0 unspecified atom stereocenters. The predicted octanol–water partition coefficient (Wildman–Crippen LogP) is 3.74. The largest absolute Gasteiger partial charge is 0.325 e. The molecule has 0 aliphatic rings. The highest BCUT2D eigenvalue weighted by molar-refractivity contribution is 7.99. The van der Waals surface area contributed by atoms with E-state index in [0.717, 1.165) is 39.8 Å². The molecular formula is C19H19N5OS. The molecule has 0 atom stereocenters. The number of aryl methyl sites for hydroxylation is 2. The number of hydrogen-bond donors (Lipinski definition) is 1. The van der Waals surface area contributed by atoms with E-state index in [1.807, 2.05) is 53.8 Å². The molecule has 2 aromatic heterocycles. The Balaban J connectivity index is 1.56. The fourth-order valence-corrected chi connectivity index (χ4v) is 3.75. The second-order valence-corrected chi connectivity index (χ2v) is 7.00. The number of nitrogens with one attached hydrogen (secondary N) is 1. The molecule has 0 radical (unpaired) electrons. The highest BCUT2D eigenvalue weighted by atomic mass is 32.2. The number of nitrogens with zero attached hydrogens (tertiary/aromatic N) is 4. The van der Waals surface area contributed by atoms with Crippen LogP contribution in [-0.4, -0.2) is 30.8 Å². The predicted molar refractivity (Wildman–Crippen MR) is 105 cm³/mol. The van der Waals surface area contributed by atoms with E-state index < -0.39 is 0 Å². The molecule has 2 aromatic carbocycles. The Kier molecular flexibility index (Phi) is 4.38. The van der Waals surface area contributed by atoms with Gasteiger partial charge < -0.3 is 9.88 Å². The molecule has 4 rings (SSSR count). The van der Waals surface area contributed by atoms with Crippen LogP contribution in [0.5, 0.6) is 0 Å². The molecule has 0 fully saturated rings. The van der Waals surface area contributed by atoms with E-state index in [-0.39, 0.29) is 11.7 Å². The number of para-hydroxylation sites is 2. The van der Waals surface area contributed by atoms with Crippen molar-refractivity contribution in [2.24, 2.45) is 0 Å². The van der Waals surface area contributed by atoms with Gasteiger partial charge in [-0.25, -0.2) is 0 Å². The van der Waals surface area contributed by atoms with Crippen molar-refractivity contribution in [1.82, 2.24) is 19.2 Å². The Labute approximate surface area is 155 Å². The van der Waals surface area contributed by atoms with E-state index in [2.05, 4.69) is 33.1 Å². The number of anilines is 1. The summed E-state index contributed by atoms with van der Waals surface area (Å²) in [5.74, 6) is 1.02. The summed E-state index contributed by atoms with van der Waals surface area (Å²) in [5.41, 5.74) is 4.13. The lowest BCUT2D eigenvalue weighted by molar-refractivity contribution is -0.113. The van der Waals surface area contributed by atoms with Crippen LogP contribution in [0, 0.1) is 6.92 Å². The van der Waals surface area contributed by atoms with Crippen LogP contribution >= 0.6 is 11.8 Å². The van der Waals surface area contributed by atoms with E-state index in [1.54, 1.807) is 0 Å². The Morgan fingerprint density at radius 3 is 2.54 bits per heavy atom. The van der Waals surface area contributed by atoms with E-state index in [0.29, 0.717) is 0 Å². The van der Waals surface area contributed by atoms with Crippen LogP contribution in [0.2, 0.25) is 0 Å². The molecular weight excluding hydrogens is 346 g/mol. The summed E-state index contributed by atoms with van der Waals surface area (Å²) in [4.78, 5) is 12.3. The summed E-state index contributed by atoms with van der Waals surface area (Å²) in [6.07, 6.45) is 0. The van der Waals surface area contributed by atoms with Gasteiger partial charge in [-0.2, -0.15) is 0 Å². The topological polar surface area (TPSA) is 64.2 Å². The van der Waals surface area contributed by atoms with Crippen LogP contribution in [0.25, 0.3) is 16.8 Å². The van der Waals surface area contributed by atoms with Gasteiger partial charge in [0.05, 0.1) is 16.8 Å². The quantitative estimate of drug-likeness (QED) is 0.547. The summed E-state index contributed by atoms with van der Waals surface area (Å²) >= 11 is 1.39. The van der Waals surface area contributed by atoms with Crippen molar-refractivity contribution < 1.29 is 4.79 Å². The number of rotatable bonds is 5. The summed E-state index contributed by atoms with van der Waals surface area (Å²) in [6, 6.07) is 15.9. The number of carbonyl (C=O) groups is 1. The Morgan fingerprint density at radius 1 is 1.08 bits per heavy atom. The van der Waals surface area contributed by atoms with E-state index >= 15 is 0 Å². The maximum absolute atomic E-state index is 12.3. The van der Waals surface area contributed by atoms with Crippen molar-refractivity contribution in [1.29, 1.82) is 0 Å². The molecule has 0 bridgehead atoms. The van der Waals surface area contributed by atoms with Gasteiger partial charge in [0.15, 0.2) is 5.16 Å². The van der Waals surface area contributed by atoms with Crippen LogP contribution < -0.4 is 5.32 Å². The van der Waals surface area contributed by atoms with E-state index in [9.17, 15) is 4.79 Å². The summed E-state index contributed by atoms with van der Waals surface area (Å²) in [7, 11) is 0. The first-order chi connectivity index (χ1) is 12.7. The fraction of sp³-hybridized carbons (Fsp3) is 0.211. The normalized spacial score (nSPS) is 11.3. The van der Waals surface area contributed by atoms with Gasteiger partial charge in [0.2, 0.25) is 11.7 Å². The lowest BCUT2D eigenvalue weighted by Crippen LogP contribution is -2.14. The molecule has 0 aliphatic carbocycles. The molecule has 7 heteroatoms. The van der Waals surface area contributed by atoms with Gasteiger partial charge in [-0.15, -0.1) is 10.2 Å². The van der Waals surface area contributed by atoms with Gasteiger partial charge in [-0.1, -0.05) is 41.6 Å². The van der Waals surface area contributed by atoms with Gasteiger partial charge in [-0.05, 0) is 38.1 Å². The van der Waals surface area contributed by atoms with Crippen molar-refractivity contribution in [2.45, 2.75) is 25.5 Å². The zero-order chi connectivity index (χ0) is 18.1. The SMILES string of the molecule is CCn1c2ccccc2n2c(SCC(=O)Nc3ccc(C)cc3)nnc12. The molecule has 2 heterocycles. The standard InChI is InChI=1S/C19H19N5OS/c1-3-23-15-6-4-5-7-16(15)24-18(23)21-22-19(24)26-12-17(25)20-14-10-8-13(2)9-11-14/h4-11H,3,12H2,1-2H3,(H,20,25). The maximum atomic E-state index is 12.3.